The number of hydrogen-bond acceptors (Lipinski definition) is 3. The van der Waals surface area contributed by atoms with Gasteiger partial charge in [-0.1, -0.05) is 29.3 Å². The summed E-state index contributed by atoms with van der Waals surface area (Å²) in [7, 11) is 0. The summed E-state index contributed by atoms with van der Waals surface area (Å²) < 4.78 is 6.40. The molecule has 0 radical (unpaired) electrons. The molecule has 3 nitrogen and oxygen atoms in total. The molecule has 2 aromatic rings. The molecule has 0 unspecified atom stereocenters. The molecule has 1 amide bonds. The van der Waals surface area contributed by atoms with Gasteiger partial charge in [-0.3, -0.25) is 4.79 Å². The van der Waals surface area contributed by atoms with Crippen LogP contribution < -0.4 is 5.32 Å². The molecule has 0 aliphatic carbocycles. The Labute approximate surface area is 130 Å². The van der Waals surface area contributed by atoms with Crippen molar-refractivity contribution in [2.24, 2.45) is 0 Å². The molecule has 3 rings (SSSR count). The Bertz CT molecular complexity index is 650. The van der Waals surface area contributed by atoms with Crippen LogP contribution in [-0.2, 0) is 4.74 Å². The van der Waals surface area contributed by atoms with E-state index in [1.54, 1.807) is 6.07 Å². The minimum absolute atomic E-state index is 0.126. The Morgan fingerprint density at radius 2 is 2.30 bits per heavy atom. The number of carbonyl (C=O) groups excluding carboxylic acids is 1. The first-order valence-corrected chi connectivity index (χ1v) is 8.00. The predicted molar refractivity (Wildman–Crippen MR) is 83.2 cm³/mol. The van der Waals surface area contributed by atoms with Gasteiger partial charge in [-0.15, -0.1) is 11.3 Å². The number of rotatable bonds is 3. The molecule has 0 bridgehead atoms. The van der Waals surface area contributed by atoms with Crippen LogP contribution in [-0.4, -0.2) is 25.2 Å². The molecule has 1 aromatic heterocycles. The summed E-state index contributed by atoms with van der Waals surface area (Å²) >= 11 is 13.6. The normalized spacial score (nSPS) is 18.6. The van der Waals surface area contributed by atoms with Crippen molar-refractivity contribution in [3.05, 3.63) is 33.1 Å². The van der Waals surface area contributed by atoms with Crippen molar-refractivity contribution in [1.29, 1.82) is 0 Å². The van der Waals surface area contributed by atoms with Crippen LogP contribution in [0.5, 0.6) is 0 Å². The molecule has 1 fully saturated rings. The summed E-state index contributed by atoms with van der Waals surface area (Å²) in [6, 6.07) is 5.44. The standard InChI is InChI=1S/C14H13Cl2NO2S/c15-8-3-4-10-11(6-8)20-13(12(10)16)14(18)17-7-9-2-1-5-19-9/h3-4,6,9H,1-2,5,7H2,(H,17,18)/t9-/m1/s1. The minimum atomic E-state index is -0.150. The first-order valence-electron chi connectivity index (χ1n) is 6.42. The minimum Gasteiger partial charge on any atom is -0.376 e. The van der Waals surface area contributed by atoms with E-state index in [1.807, 2.05) is 12.1 Å². The molecule has 1 aromatic carbocycles. The number of halogens is 2. The van der Waals surface area contributed by atoms with E-state index in [-0.39, 0.29) is 12.0 Å². The van der Waals surface area contributed by atoms with Crippen molar-refractivity contribution >= 4 is 50.5 Å². The quantitative estimate of drug-likeness (QED) is 0.919. The highest BCUT2D eigenvalue weighted by Crippen LogP contribution is 2.36. The number of benzene rings is 1. The summed E-state index contributed by atoms with van der Waals surface area (Å²) in [6.45, 7) is 1.31. The number of hydrogen-bond donors (Lipinski definition) is 1. The lowest BCUT2D eigenvalue weighted by molar-refractivity contribution is 0.0861. The maximum atomic E-state index is 12.2. The molecule has 106 valence electrons. The van der Waals surface area contributed by atoms with E-state index in [9.17, 15) is 4.79 Å². The van der Waals surface area contributed by atoms with E-state index in [1.165, 1.54) is 11.3 Å². The molecule has 1 atom stereocenters. The van der Waals surface area contributed by atoms with Gasteiger partial charge in [0.05, 0.1) is 11.1 Å². The van der Waals surface area contributed by atoms with Crippen LogP contribution in [0.15, 0.2) is 18.2 Å². The average molecular weight is 330 g/mol. The van der Waals surface area contributed by atoms with Crippen LogP contribution in [0.25, 0.3) is 10.1 Å². The highest BCUT2D eigenvalue weighted by atomic mass is 35.5. The zero-order valence-corrected chi connectivity index (χ0v) is 12.9. The Morgan fingerprint density at radius 3 is 3.05 bits per heavy atom. The van der Waals surface area contributed by atoms with Gasteiger partial charge in [0.15, 0.2) is 0 Å². The topological polar surface area (TPSA) is 38.3 Å². The van der Waals surface area contributed by atoms with Crippen LogP contribution in [0, 0.1) is 0 Å². The van der Waals surface area contributed by atoms with Crippen LogP contribution in [0.3, 0.4) is 0 Å². The summed E-state index contributed by atoms with van der Waals surface area (Å²) in [5, 5.41) is 4.88. The Kier molecular flexibility index (Phi) is 4.17. The first kappa shape index (κ1) is 14.1. The third-order valence-electron chi connectivity index (χ3n) is 3.31. The zero-order chi connectivity index (χ0) is 14.1. The van der Waals surface area contributed by atoms with Gasteiger partial charge in [0.2, 0.25) is 0 Å². The Morgan fingerprint density at radius 1 is 1.45 bits per heavy atom. The zero-order valence-electron chi connectivity index (χ0n) is 10.6. The van der Waals surface area contributed by atoms with Crippen molar-refractivity contribution in [1.82, 2.24) is 5.32 Å². The van der Waals surface area contributed by atoms with Crippen molar-refractivity contribution in [2.45, 2.75) is 18.9 Å². The second-order valence-corrected chi connectivity index (χ2v) is 6.60. The molecular formula is C14H13Cl2NO2S. The summed E-state index contributed by atoms with van der Waals surface area (Å²) in [4.78, 5) is 12.7. The van der Waals surface area contributed by atoms with Gasteiger partial charge in [-0.05, 0) is 25.0 Å². The Balaban J connectivity index is 1.78. The fourth-order valence-corrected chi connectivity index (χ4v) is 3.99. The fraction of sp³-hybridized carbons (Fsp3) is 0.357. The molecule has 20 heavy (non-hydrogen) atoms. The second-order valence-electron chi connectivity index (χ2n) is 4.73. The van der Waals surface area contributed by atoms with Crippen molar-refractivity contribution in [3.8, 4) is 0 Å². The Hall–Kier alpha value is -0.810. The predicted octanol–water partition coefficient (Wildman–Crippen LogP) is 4.12. The van der Waals surface area contributed by atoms with Crippen LogP contribution >= 0.6 is 34.5 Å². The largest absolute Gasteiger partial charge is 0.376 e. The fourth-order valence-electron chi connectivity index (χ4n) is 2.28. The highest BCUT2D eigenvalue weighted by molar-refractivity contribution is 7.21. The molecule has 2 heterocycles. The van der Waals surface area contributed by atoms with E-state index in [2.05, 4.69) is 5.32 Å². The highest BCUT2D eigenvalue weighted by Gasteiger charge is 2.20. The van der Waals surface area contributed by atoms with E-state index in [0.717, 1.165) is 29.5 Å². The maximum Gasteiger partial charge on any atom is 0.263 e. The average Bonchev–Trinajstić information content (AvgIpc) is 3.04. The number of thiophene rings is 1. The SMILES string of the molecule is O=C(NC[C@H]1CCCO1)c1sc2cc(Cl)ccc2c1Cl. The van der Waals surface area contributed by atoms with Crippen LogP contribution in [0.1, 0.15) is 22.5 Å². The maximum absolute atomic E-state index is 12.2. The molecule has 0 spiro atoms. The summed E-state index contributed by atoms with van der Waals surface area (Å²) in [6.07, 6.45) is 2.18. The van der Waals surface area contributed by atoms with Crippen molar-refractivity contribution < 1.29 is 9.53 Å². The van der Waals surface area contributed by atoms with Gasteiger partial charge >= 0.3 is 0 Å². The lowest BCUT2D eigenvalue weighted by Gasteiger charge is -2.09. The third-order valence-corrected chi connectivity index (χ3v) is 5.20. The van der Waals surface area contributed by atoms with Gasteiger partial charge in [0.1, 0.15) is 4.88 Å². The monoisotopic (exact) mass is 329 g/mol. The van der Waals surface area contributed by atoms with E-state index >= 15 is 0 Å². The number of carbonyl (C=O) groups is 1. The van der Waals surface area contributed by atoms with Crippen molar-refractivity contribution in [2.75, 3.05) is 13.2 Å². The number of nitrogens with one attached hydrogen (secondary N) is 1. The van der Waals surface area contributed by atoms with Gasteiger partial charge in [0, 0.05) is 28.3 Å². The van der Waals surface area contributed by atoms with Crippen LogP contribution in [0.2, 0.25) is 10.0 Å². The lowest BCUT2D eigenvalue weighted by Crippen LogP contribution is -2.31. The second kappa shape index (κ2) is 5.90. The number of fused-ring (bicyclic) bond motifs is 1. The molecule has 6 heteroatoms. The molecular weight excluding hydrogens is 317 g/mol. The molecule has 1 saturated heterocycles. The smallest absolute Gasteiger partial charge is 0.263 e. The number of ether oxygens (including phenoxy) is 1. The molecule has 1 aliphatic heterocycles. The third kappa shape index (κ3) is 2.79. The van der Waals surface area contributed by atoms with Crippen LogP contribution in [0.4, 0.5) is 0 Å². The van der Waals surface area contributed by atoms with E-state index in [0.29, 0.717) is 21.5 Å². The van der Waals surface area contributed by atoms with Gasteiger partial charge in [-0.2, -0.15) is 0 Å². The van der Waals surface area contributed by atoms with Crippen molar-refractivity contribution in [3.63, 3.8) is 0 Å². The molecule has 1 aliphatic rings. The summed E-state index contributed by atoms with van der Waals surface area (Å²) in [5.74, 6) is -0.150. The number of amides is 1. The van der Waals surface area contributed by atoms with Gasteiger partial charge in [0.25, 0.3) is 5.91 Å². The molecule has 1 N–H and O–H groups in total. The first-order chi connectivity index (χ1) is 9.65. The summed E-state index contributed by atoms with van der Waals surface area (Å²) in [5.41, 5.74) is 0. The van der Waals surface area contributed by atoms with Gasteiger partial charge in [-0.25, -0.2) is 0 Å². The molecule has 0 saturated carbocycles. The lowest BCUT2D eigenvalue weighted by atomic mass is 10.2. The van der Waals surface area contributed by atoms with E-state index < -0.39 is 0 Å². The van der Waals surface area contributed by atoms with Gasteiger partial charge < -0.3 is 10.1 Å². The van der Waals surface area contributed by atoms with E-state index in [4.69, 9.17) is 27.9 Å².